The Balaban J connectivity index is 1.96. The standard InChI is InChI=1S/C21H24BrN3O4S/c1-3-4-5-6-12-29-19-11-10-15(13-16(19)22)20(26)24-21(30)23-17-8-7-9-18(14(17)2)25(27)28/h7-11,13H,3-6,12H2,1-2H3,(H2,23,24,26,30). The quantitative estimate of drug-likeness (QED) is 0.200. The third kappa shape index (κ3) is 6.77. The molecule has 0 fully saturated rings. The van der Waals surface area contributed by atoms with E-state index >= 15 is 0 Å². The number of nitrogens with zero attached hydrogens (tertiary/aromatic N) is 1. The molecule has 0 bridgehead atoms. The molecule has 2 aromatic rings. The molecule has 2 aromatic carbocycles. The number of amides is 1. The summed E-state index contributed by atoms with van der Waals surface area (Å²) in [6.07, 6.45) is 4.47. The summed E-state index contributed by atoms with van der Waals surface area (Å²) in [7, 11) is 0. The van der Waals surface area contributed by atoms with E-state index in [1.807, 2.05) is 0 Å². The van der Waals surface area contributed by atoms with E-state index in [9.17, 15) is 14.9 Å². The van der Waals surface area contributed by atoms with E-state index in [2.05, 4.69) is 33.5 Å². The van der Waals surface area contributed by atoms with Crippen molar-refractivity contribution < 1.29 is 14.5 Å². The topological polar surface area (TPSA) is 93.5 Å². The highest BCUT2D eigenvalue weighted by molar-refractivity contribution is 9.10. The van der Waals surface area contributed by atoms with Crippen molar-refractivity contribution in [3.05, 3.63) is 62.1 Å². The van der Waals surface area contributed by atoms with Crippen LogP contribution in [0.4, 0.5) is 11.4 Å². The van der Waals surface area contributed by atoms with Crippen LogP contribution in [0.15, 0.2) is 40.9 Å². The number of unbranched alkanes of at least 4 members (excludes halogenated alkanes) is 3. The van der Waals surface area contributed by atoms with Gasteiger partial charge in [0.05, 0.1) is 27.3 Å². The maximum atomic E-state index is 12.5. The van der Waals surface area contributed by atoms with Crippen LogP contribution < -0.4 is 15.4 Å². The molecule has 0 aromatic heterocycles. The normalized spacial score (nSPS) is 10.4. The van der Waals surface area contributed by atoms with Gasteiger partial charge in [0.2, 0.25) is 0 Å². The molecule has 7 nitrogen and oxygen atoms in total. The van der Waals surface area contributed by atoms with Gasteiger partial charge in [0.25, 0.3) is 11.6 Å². The summed E-state index contributed by atoms with van der Waals surface area (Å²) >= 11 is 8.61. The number of ether oxygens (including phenoxy) is 1. The van der Waals surface area contributed by atoms with E-state index in [4.69, 9.17) is 17.0 Å². The van der Waals surface area contributed by atoms with Crippen molar-refractivity contribution in [3.8, 4) is 5.75 Å². The number of halogens is 1. The number of nitro benzene ring substituents is 1. The van der Waals surface area contributed by atoms with Gasteiger partial charge in [0.1, 0.15) is 5.75 Å². The van der Waals surface area contributed by atoms with Crippen molar-refractivity contribution in [1.29, 1.82) is 0 Å². The van der Waals surface area contributed by atoms with Crippen LogP contribution in [0.3, 0.4) is 0 Å². The Labute approximate surface area is 189 Å². The Kier molecular flexibility index (Phi) is 9.19. The summed E-state index contributed by atoms with van der Waals surface area (Å²) < 4.78 is 6.43. The minimum atomic E-state index is -0.465. The number of nitro groups is 1. The summed E-state index contributed by atoms with van der Waals surface area (Å²) in [6.45, 7) is 4.40. The van der Waals surface area contributed by atoms with Crippen LogP contribution in [0.1, 0.15) is 48.5 Å². The van der Waals surface area contributed by atoms with Gasteiger partial charge in [-0.05, 0) is 65.8 Å². The molecule has 0 aliphatic carbocycles. The molecule has 0 saturated heterocycles. The Morgan fingerprint density at radius 2 is 2.00 bits per heavy atom. The fraction of sp³-hybridized carbons (Fsp3) is 0.333. The van der Waals surface area contributed by atoms with Crippen molar-refractivity contribution >= 4 is 50.5 Å². The van der Waals surface area contributed by atoms with Gasteiger partial charge < -0.3 is 10.1 Å². The number of hydrogen-bond donors (Lipinski definition) is 2. The first kappa shape index (κ1) is 23.8. The molecule has 2 N–H and O–H groups in total. The lowest BCUT2D eigenvalue weighted by atomic mass is 10.1. The van der Waals surface area contributed by atoms with E-state index in [-0.39, 0.29) is 10.8 Å². The van der Waals surface area contributed by atoms with Crippen LogP contribution in [0.5, 0.6) is 5.75 Å². The Morgan fingerprint density at radius 3 is 2.67 bits per heavy atom. The molecule has 9 heteroatoms. The second-order valence-electron chi connectivity index (χ2n) is 6.67. The summed E-state index contributed by atoms with van der Waals surface area (Å²) in [6, 6.07) is 9.67. The number of thiocarbonyl (C=S) groups is 1. The third-order valence-electron chi connectivity index (χ3n) is 4.43. The molecule has 1 amide bonds. The van der Waals surface area contributed by atoms with Crippen LogP contribution >= 0.6 is 28.1 Å². The van der Waals surface area contributed by atoms with Gasteiger partial charge in [-0.2, -0.15) is 0 Å². The molecule has 0 radical (unpaired) electrons. The number of benzene rings is 2. The van der Waals surface area contributed by atoms with Crippen molar-refractivity contribution in [3.63, 3.8) is 0 Å². The first-order chi connectivity index (χ1) is 14.3. The first-order valence-electron chi connectivity index (χ1n) is 9.62. The molecule has 0 aliphatic heterocycles. The van der Waals surface area contributed by atoms with Crippen LogP contribution in [-0.2, 0) is 0 Å². The van der Waals surface area contributed by atoms with Gasteiger partial charge >= 0.3 is 0 Å². The van der Waals surface area contributed by atoms with Crippen LogP contribution in [0, 0.1) is 17.0 Å². The summed E-state index contributed by atoms with van der Waals surface area (Å²) in [4.78, 5) is 23.1. The fourth-order valence-electron chi connectivity index (χ4n) is 2.76. The second kappa shape index (κ2) is 11.6. The highest BCUT2D eigenvalue weighted by atomic mass is 79.9. The minimum Gasteiger partial charge on any atom is -0.492 e. The SMILES string of the molecule is CCCCCCOc1ccc(C(=O)NC(=S)Nc2cccc([N+](=O)[O-])c2C)cc1Br. The van der Waals surface area contributed by atoms with Gasteiger partial charge in [-0.15, -0.1) is 0 Å². The lowest BCUT2D eigenvalue weighted by molar-refractivity contribution is -0.385. The van der Waals surface area contributed by atoms with Gasteiger partial charge in [-0.3, -0.25) is 20.2 Å². The van der Waals surface area contributed by atoms with E-state index in [0.29, 0.717) is 33.6 Å². The molecule has 30 heavy (non-hydrogen) atoms. The zero-order valence-corrected chi connectivity index (χ0v) is 19.3. The highest BCUT2D eigenvalue weighted by Gasteiger charge is 2.15. The summed E-state index contributed by atoms with van der Waals surface area (Å²) in [5, 5.41) is 16.5. The van der Waals surface area contributed by atoms with Crippen LogP contribution in [0.25, 0.3) is 0 Å². The zero-order valence-electron chi connectivity index (χ0n) is 16.9. The molecule has 0 saturated carbocycles. The number of rotatable bonds is 9. The average molecular weight is 494 g/mol. The van der Waals surface area contributed by atoms with E-state index in [0.717, 1.165) is 12.8 Å². The molecule has 0 heterocycles. The fourth-order valence-corrected chi connectivity index (χ4v) is 3.45. The lowest BCUT2D eigenvalue weighted by Crippen LogP contribution is -2.34. The summed E-state index contributed by atoms with van der Waals surface area (Å²) in [5.41, 5.74) is 1.27. The van der Waals surface area contributed by atoms with Crippen molar-refractivity contribution in [2.45, 2.75) is 39.5 Å². The molecular formula is C21H24BrN3O4S. The highest BCUT2D eigenvalue weighted by Crippen LogP contribution is 2.27. The molecule has 0 spiro atoms. The van der Waals surface area contributed by atoms with Crippen molar-refractivity contribution in [2.24, 2.45) is 0 Å². The first-order valence-corrected chi connectivity index (χ1v) is 10.8. The number of carbonyl (C=O) groups excluding carboxylic acids is 1. The monoisotopic (exact) mass is 493 g/mol. The molecule has 0 atom stereocenters. The molecule has 0 aliphatic rings. The molecule has 0 unspecified atom stereocenters. The van der Waals surface area contributed by atoms with E-state index in [1.54, 1.807) is 37.3 Å². The van der Waals surface area contributed by atoms with Crippen molar-refractivity contribution in [2.75, 3.05) is 11.9 Å². The zero-order chi connectivity index (χ0) is 22.1. The maximum absolute atomic E-state index is 12.5. The van der Waals surface area contributed by atoms with E-state index in [1.165, 1.54) is 18.9 Å². The minimum absolute atomic E-state index is 0.0247. The predicted molar refractivity (Wildman–Crippen MR) is 125 cm³/mol. The van der Waals surface area contributed by atoms with Crippen molar-refractivity contribution in [1.82, 2.24) is 5.32 Å². The number of nitrogens with one attached hydrogen (secondary N) is 2. The lowest BCUT2D eigenvalue weighted by Gasteiger charge is -2.13. The number of hydrogen-bond acceptors (Lipinski definition) is 5. The maximum Gasteiger partial charge on any atom is 0.274 e. The number of carbonyl (C=O) groups is 1. The average Bonchev–Trinajstić information content (AvgIpc) is 2.70. The van der Waals surface area contributed by atoms with Gasteiger partial charge in [0, 0.05) is 11.6 Å². The third-order valence-corrected chi connectivity index (χ3v) is 5.25. The van der Waals surface area contributed by atoms with Gasteiger partial charge in [-0.25, -0.2) is 0 Å². The van der Waals surface area contributed by atoms with Crippen LogP contribution in [0.2, 0.25) is 0 Å². The largest absolute Gasteiger partial charge is 0.492 e. The Bertz CT molecular complexity index is 936. The second-order valence-corrected chi connectivity index (χ2v) is 7.93. The smallest absolute Gasteiger partial charge is 0.274 e. The van der Waals surface area contributed by atoms with E-state index < -0.39 is 10.8 Å². The predicted octanol–water partition coefficient (Wildman–Crippen LogP) is 5.75. The molecule has 160 valence electrons. The van der Waals surface area contributed by atoms with Gasteiger partial charge in [-0.1, -0.05) is 32.3 Å². The van der Waals surface area contributed by atoms with Gasteiger partial charge in [0.15, 0.2) is 5.11 Å². The molecular weight excluding hydrogens is 470 g/mol. The number of anilines is 1. The van der Waals surface area contributed by atoms with Crippen LogP contribution in [-0.4, -0.2) is 22.5 Å². The Hall–Kier alpha value is -2.52. The molecule has 2 rings (SSSR count). The summed E-state index contributed by atoms with van der Waals surface area (Å²) in [5.74, 6) is 0.279. The Morgan fingerprint density at radius 1 is 1.23 bits per heavy atom.